The highest BCUT2D eigenvalue weighted by molar-refractivity contribution is 7.88. The fourth-order valence-corrected chi connectivity index (χ4v) is 4.46. The van der Waals surface area contributed by atoms with E-state index in [1.54, 1.807) is 19.4 Å². The van der Waals surface area contributed by atoms with Gasteiger partial charge in [-0.1, -0.05) is 5.16 Å². The Bertz CT molecular complexity index is 843. The zero-order chi connectivity index (χ0) is 20.5. The Morgan fingerprint density at radius 3 is 2.76 bits per heavy atom. The van der Waals surface area contributed by atoms with Crippen LogP contribution in [-0.4, -0.2) is 81.7 Å². The minimum atomic E-state index is -3.43. The summed E-state index contributed by atoms with van der Waals surface area (Å²) in [7, 11) is -1.79. The Hall–Kier alpha value is -2.37. The van der Waals surface area contributed by atoms with Crippen LogP contribution in [0.2, 0.25) is 0 Å². The van der Waals surface area contributed by atoms with Crippen molar-refractivity contribution in [3.05, 3.63) is 42.2 Å². The van der Waals surface area contributed by atoms with Crippen molar-refractivity contribution in [2.45, 2.75) is 12.2 Å². The molecule has 0 bridgehead atoms. The van der Waals surface area contributed by atoms with E-state index < -0.39 is 10.0 Å². The molecule has 0 amide bonds. The number of aliphatic imine (C=N–C) groups is 1. The van der Waals surface area contributed by atoms with Gasteiger partial charge in [-0.15, -0.1) is 0 Å². The van der Waals surface area contributed by atoms with Crippen LogP contribution >= 0.6 is 0 Å². The van der Waals surface area contributed by atoms with Gasteiger partial charge in [0.1, 0.15) is 17.8 Å². The van der Waals surface area contributed by atoms with Gasteiger partial charge in [-0.2, -0.15) is 4.31 Å². The molecule has 0 aliphatic carbocycles. The van der Waals surface area contributed by atoms with Crippen molar-refractivity contribution >= 4 is 16.0 Å². The summed E-state index contributed by atoms with van der Waals surface area (Å²) in [6, 6.07) is 5.36. The molecule has 3 heterocycles. The highest BCUT2D eigenvalue weighted by atomic mass is 32.2. The molecular weight excluding hydrogens is 398 g/mol. The van der Waals surface area contributed by atoms with Crippen LogP contribution in [0.15, 0.2) is 44.7 Å². The van der Waals surface area contributed by atoms with Crippen LogP contribution in [0, 0.1) is 0 Å². The number of methoxy groups -OCH3 is 1. The lowest BCUT2D eigenvalue weighted by Crippen LogP contribution is -2.54. The molecule has 3 rings (SSSR count). The van der Waals surface area contributed by atoms with Gasteiger partial charge in [-0.05, 0) is 12.1 Å². The molecule has 1 N–H and O–H groups in total. The molecule has 1 aliphatic rings. The van der Waals surface area contributed by atoms with Crippen LogP contribution in [0.1, 0.15) is 11.5 Å². The summed E-state index contributed by atoms with van der Waals surface area (Å²) >= 11 is 0. The predicted octanol–water partition coefficient (Wildman–Crippen LogP) is 0.550. The van der Waals surface area contributed by atoms with E-state index >= 15 is 0 Å². The first-order valence-corrected chi connectivity index (χ1v) is 11.1. The summed E-state index contributed by atoms with van der Waals surface area (Å²) in [4.78, 5) is 6.66. The molecule has 1 aliphatic heterocycles. The zero-order valence-corrected chi connectivity index (χ0v) is 17.3. The molecule has 0 spiro atoms. The number of rotatable bonds is 9. The second kappa shape index (κ2) is 10.4. The number of piperazine rings is 1. The summed E-state index contributed by atoms with van der Waals surface area (Å²) in [5, 5.41) is 7.04. The van der Waals surface area contributed by atoms with Crippen molar-refractivity contribution < 1.29 is 22.1 Å². The SMILES string of the molecule is COCCN=C(NCCc1ccco1)N1CCN(S(=O)(=O)Cc2ccon2)CC1. The van der Waals surface area contributed by atoms with Crippen molar-refractivity contribution in [2.24, 2.45) is 4.99 Å². The van der Waals surface area contributed by atoms with Gasteiger partial charge in [0.05, 0.1) is 25.1 Å². The maximum Gasteiger partial charge on any atom is 0.220 e. The van der Waals surface area contributed by atoms with E-state index in [2.05, 4.69) is 20.4 Å². The van der Waals surface area contributed by atoms with Gasteiger partial charge in [0.15, 0.2) is 5.96 Å². The summed E-state index contributed by atoms with van der Waals surface area (Å²) < 4.78 is 41.9. The molecule has 1 saturated heterocycles. The first-order chi connectivity index (χ1) is 14.1. The lowest BCUT2D eigenvalue weighted by atomic mass is 10.3. The number of hydrogen-bond donors (Lipinski definition) is 1. The lowest BCUT2D eigenvalue weighted by molar-refractivity contribution is 0.206. The minimum Gasteiger partial charge on any atom is -0.469 e. The van der Waals surface area contributed by atoms with E-state index in [4.69, 9.17) is 13.7 Å². The van der Waals surface area contributed by atoms with Crippen molar-refractivity contribution in [3.63, 3.8) is 0 Å². The third-order valence-electron chi connectivity index (χ3n) is 4.54. The first kappa shape index (κ1) is 21.3. The van der Waals surface area contributed by atoms with Crippen molar-refractivity contribution in [2.75, 3.05) is 53.0 Å². The number of sulfonamides is 1. The maximum absolute atomic E-state index is 12.6. The molecular formula is C18H27N5O5S. The fourth-order valence-electron chi connectivity index (χ4n) is 3.03. The molecule has 1 fully saturated rings. The molecule has 2 aromatic heterocycles. The van der Waals surface area contributed by atoms with Gasteiger partial charge in [-0.3, -0.25) is 4.99 Å². The minimum absolute atomic E-state index is 0.153. The first-order valence-electron chi connectivity index (χ1n) is 9.50. The second-order valence-corrected chi connectivity index (χ2v) is 8.56. The van der Waals surface area contributed by atoms with Gasteiger partial charge in [0, 0.05) is 52.3 Å². The fraction of sp³-hybridized carbons (Fsp3) is 0.556. The second-order valence-electron chi connectivity index (χ2n) is 6.59. The molecule has 10 nitrogen and oxygen atoms in total. The van der Waals surface area contributed by atoms with E-state index in [0.717, 1.165) is 18.1 Å². The van der Waals surface area contributed by atoms with Crippen LogP contribution in [0.25, 0.3) is 0 Å². The Morgan fingerprint density at radius 2 is 2.10 bits per heavy atom. The standard InChI is InChI=1S/C18H27N5O5S/c1-26-14-7-20-18(19-6-4-17-3-2-12-27-17)22-8-10-23(11-9-22)29(24,25)15-16-5-13-28-21-16/h2-3,5,12-13H,4,6-11,14-15H2,1H3,(H,19,20). The number of nitrogens with zero attached hydrogens (tertiary/aromatic N) is 4. The van der Waals surface area contributed by atoms with Crippen molar-refractivity contribution in [1.82, 2.24) is 19.7 Å². The normalized spacial score (nSPS) is 16.3. The van der Waals surface area contributed by atoms with Gasteiger partial charge in [-0.25, -0.2) is 8.42 Å². The van der Waals surface area contributed by atoms with Crippen LogP contribution in [0.5, 0.6) is 0 Å². The number of guanidine groups is 1. The average Bonchev–Trinajstić information content (AvgIpc) is 3.41. The van der Waals surface area contributed by atoms with Crippen molar-refractivity contribution in [1.29, 1.82) is 0 Å². The van der Waals surface area contributed by atoms with E-state index in [0.29, 0.717) is 51.6 Å². The van der Waals surface area contributed by atoms with Gasteiger partial charge >= 0.3 is 0 Å². The molecule has 0 atom stereocenters. The smallest absolute Gasteiger partial charge is 0.220 e. The van der Waals surface area contributed by atoms with Gasteiger partial charge < -0.3 is 23.9 Å². The highest BCUT2D eigenvalue weighted by Gasteiger charge is 2.29. The van der Waals surface area contributed by atoms with E-state index in [9.17, 15) is 8.42 Å². The lowest BCUT2D eigenvalue weighted by Gasteiger charge is -2.35. The number of aromatic nitrogens is 1. The summed E-state index contributed by atoms with van der Waals surface area (Å²) in [5.74, 6) is 1.50. The van der Waals surface area contributed by atoms with Crippen LogP contribution in [0.4, 0.5) is 0 Å². The average molecular weight is 426 g/mol. The Kier molecular flexibility index (Phi) is 7.67. The number of hydrogen-bond acceptors (Lipinski definition) is 7. The predicted molar refractivity (Wildman–Crippen MR) is 107 cm³/mol. The van der Waals surface area contributed by atoms with E-state index in [1.165, 1.54) is 10.6 Å². The molecule has 11 heteroatoms. The molecule has 160 valence electrons. The molecule has 0 radical (unpaired) electrons. The van der Waals surface area contributed by atoms with Crippen LogP contribution in [0.3, 0.4) is 0 Å². The molecule has 0 saturated carbocycles. The highest BCUT2D eigenvalue weighted by Crippen LogP contribution is 2.13. The molecule has 29 heavy (non-hydrogen) atoms. The van der Waals surface area contributed by atoms with E-state index in [1.807, 2.05) is 12.1 Å². The summed E-state index contributed by atoms with van der Waals surface area (Å²) in [6.07, 6.45) is 3.77. The van der Waals surface area contributed by atoms with Crippen LogP contribution in [-0.2, 0) is 26.9 Å². The monoisotopic (exact) mass is 425 g/mol. The van der Waals surface area contributed by atoms with Gasteiger partial charge in [0.2, 0.25) is 10.0 Å². The maximum atomic E-state index is 12.6. The number of nitrogens with one attached hydrogen (secondary N) is 1. The topological polar surface area (TPSA) is 113 Å². The number of ether oxygens (including phenoxy) is 1. The zero-order valence-electron chi connectivity index (χ0n) is 16.5. The molecule has 2 aromatic rings. The number of furan rings is 1. The van der Waals surface area contributed by atoms with Crippen molar-refractivity contribution in [3.8, 4) is 0 Å². The summed E-state index contributed by atoms with van der Waals surface area (Å²) in [5.41, 5.74) is 0.411. The largest absolute Gasteiger partial charge is 0.469 e. The molecule has 0 unspecified atom stereocenters. The Balaban J connectivity index is 1.54. The third-order valence-corrected chi connectivity index (χ3v) is 6.36. The molecule has 0 aromatic carbocycles. The van der Waals surface area contributed by atoms with Crippen LogP contribution < -0.4 is 5.32 Å². The Labute approximate surface area is 170 Å². The van der Waals surface area contributed by atoms with E-state index in [-0.39, 0.29) is 5.75 Å². The summed E-state index contributed by atoms with van der Waals surface area (Å²) in [6.45, 7) is 3.62. The Morgan fingerprint density at radius 1 is 1.28 bits per heavy atom. The third kappa shape index (κ3) is 6.31. The van der Waals surface area contributed by atoms with Gasteiger partial charge in [0.25, 0.3) is 0 Å². The quantitative estimate of drug-likeness (QED) is 0.352.